The zero-order valence-electron chi connectivity index (χ0n) is 19.1. The third-order valence-electron chi connectivity index (χ3n) is 5.79. The molecule has 0 unspecified atom stereocenters. The Morgan fingerprint density at radius 3 is 2.42 bits per heavy atom. The molecule has 4 rings (SSSR count). The molecule has 0 spiro atoms. The molecular formula is C25H26N4O4. The molecule has 0 fully saturated rings. The number of hydrogen-bond donors (Lipinski definition) is 1. The van der Waals surface area contributed by atoms with E-state index in [-0.39, 0.29) is 17.9 Å². The molecule has 1 amide bonds. The summed E-state index contributed by atoms with van der Waals surface area (Å²) in [6.07, 6.45) is 0.444. The number of hydrogen-bond acceptors (Lipinski definition) is 5. The van der Waals surface area contributed by atoms with Crippen molar-refractivity contribution in [3.63, 3.8) is 0 Å². The molecule has 0 bridgehead atoms. The van der Waals surface area contributed by atoms with Crippen molar-refractivity contribution in [1.82, 2.24) is 14.2 Å². The number of carbonyl (C=O) groups is 1. The van der Waals surface area contributed by atoms with Crippen molar-refractivity contribution in [2.75, 3.05) is 19.5 Å². The van der Waals surface area contributed by atoms with Crippen LogP contribution in [0.25, 0.3) is 16.9 Å². The lowest BCUT2D eigenvalue weighted by atomic mass is 10.1. The lowest BCUT2D eigenvalue weighted by Crippen LogP contribution is -2.26. The fourth-order valence-corrected chi connectivity index (χ4v) is 3.89. The third-order valence-corrected chi connectivity index (χ3v) is 5.79. The van der Waals surface area contributed by atoms with Crippen LogP contribution in [-0.4, -0.2) is 34.3 Å². The van der Waals surface area contributed by atoms with E-state index in [2.05, 4.69) is 10.4 Å². The molecule has 8 nitrogen and oxygen atoms in total. The molecule has 8 heteroatoms. The predicted octanol–water partition coefficient (Wildman–Crippen LogP) is 3.60. The van der Waals surface area contributed by atoms with Crippen molar-refractivity contribution < 1.29 is 14.3 Å². The Hall–Kier alpha value is -4.07. The topological polar surface area (TPSA) is 86.9 Å². The summed E-state index contributed by atoms with van der Waals surface area (Å²) in [5.41, 5.74) is 3.83. The first-order valence-electron chi connectivity index (χ1n) is 10.6. The molecule has 2 aromatic heterocycles. The lowest BCUT2D eigenvalue weighted by molar-refractivity contribution is -0.116. The van der Waals surface area contributed by atoms with E-state index in [1.807, 2.05) is 61.0 Å². The number of aromatic nitrogens is 3. The van der Waals surface area contributed by atoms with E-state index in [0.717, 1.165) is 11.3 Å². The Balaban J connectivity index is 1.63. The summed E-state index contributed by atoms with van der Waals surface area (Å²) in [5, 5.41) is 7.41. The molecule has 0 aliphatic carbocycles. The van der Waals surface area contributed by atoms with E-state index in [9.17, 15) is 9.59 Å². The minimum Gasteiger partial charge on any atom is -0.496 e. The Labute approximate surface area is 191 Å². The molecule has 0 atom stereocenters. The van der Waals surface area contributed by atoms with Crippen LogP contribution >= 0.6 is 0 Å². The zero-order chi connectivity index (χ0) is 23.5. The number of benzene rings is 2. The number of amides is 1. The van der Waals surface area contributed by atoms with Gasteiger partial charge in [-0.2, -0.15) is 9.61 Å². The number of para-hydroxylation sites is 3. The molecular weight excluding hydrogens is 420 g/mol. The van der Waals surface area contributed by atoms with E-state index < -0.39 is 0 Å². The number of nitrogens with zero attached hydrogens (tertiary/aromatic N) is 3. The highest BCUT2D eigenvalue weighted by atomic mass is 16.5. The van der Waals surface area contributed by atoms with Gasteiger partial charge in [-0.1, -0.05) is 24.3 Å². The summed E-state index contributed by atoms with van der Waals surface area (Å²) >= 11 is 0. The van der Waals surface area contributed by atoms with Gasteiger partial charge in [0.15, 0.2) is 0 Å². The van der Waals surface area contributed by atoms with Gasteiger partial charge in [-0.05, 0) is 37.6 Å². The number of nitrogens with one attached hydrogen (secondary N) is 1. The number of methoxy groups -OCH3 is 2. The monoisotopic (exact) mass is 446 g/mol. The number of rotatable bonds is 7. The molecule has 0 aliphatic rings. The molecule has 0 saturated heterocycles. The highest BCUT2D eigenvalue weighted by Gasteiger charge is 2.18. The minimum absolute atomic E-state index is 0.153. The molecule has 33 heavy (non-hydrogen) atoms. The highest BCUT2D eigenvalue weighted by molar-refractivity contribution is 5.92. The standard InChI is InChI=1S/C25H26N4O4/c1-16-17(13-14-23(30)26-19-10-6-8-12-22(19)33-4)25(31)29-24(28(16)2)15-20(27-29)18-9-5-7-11-21(18)32-3/h5-12,15H,13-14H2,1-4H3,(H,26,30). The zero-order valence-corrected chi connectivity index (χ0v) is 19.1. The van der Waals surface area contributed by atoms with Gasteiger partial charge >= 0.3 is 0 Å². The van der Waals surface area contributed by atoms with Gasteiger partial charge in [0, 0.05) is 36.4 Å². The van der Waals surface area contributed by atoms with Crippen molar-refractivity contribution in [2.45, 2.75) is 19.8 Å². The molecule has 1 N–H and O–H groups in total. The van der Waals surface area contributed by atoms with Crippen molar-refractivity contribution in [2.24, 2.45) is 7.05 Å². The fraction of sp³-hybridized carbons (Fsp3) is 0.240. The first kappa shape index (κ1) is 22.1. The number of anilines is 1. The first-order chi connectivity index (χ1) is 15.9. The van der Waals surface area contributed by atoms with Gasteiger partial charge in [-0.15, -0.1) is 0 Å². The second-order valence-corrected chi connectivity index (χ2v) is 7.68. The third kappa shape index (κ3) is 4.19. The molecule has 4 aromatic rings. The minimum atomic E-state index is -0.230. The van der Waals surface area contributed by atoms with Gasteiger partial charge in [-0.25, -0.2) is 0 Å². The average molecular weight is 447 g/mol. The van der Waals surface area contributed by atoms with Crippen LogP contribution in [0, 0.1) is 6.92 Å². The Bertz CT molecular complexity index is 1390. The highest BCUT2D eigenvalue weighted by Crippen LogP contribution is 2.29. The van der Waals surface area contributed by atoms with Crippen LogP contribution in [0.1, 0.15) is 17.7 Å². The Kier molecular flexibility index (Phi) is 6.17. The van der Waals surface area contributed by atoms with E-state index in [1.54, 1.807) is 26.4 Å². The second-order valence-electron chi connectivity index (χ2n) is 7.68. The van der Waals surface area contributed by atoms with Crippen molar-refractivity contribution >= 4 is 17.2 Å². The summed E-state index contributed by atoms with van der Waals surface area (Å²) in [6.45, 7) is 1.88. The first-order valence-corrected chi connectivity index (χ1v) is 10.6. The number of carbonyl (C=O) groups excluding carboxylic acids is 1. The number of fused-ring (bicyclic) bond motifs is 1. The average Bonchev–Trinajstić information content (AvgIpc) is 3.28. The number of ether oxygens (including phenoxy) is 2. The van der Waals surface area contributed by atoms with Gasteiger partial charge in [0.1, 0.15) is 17.1 Å². The predicted molar refractivity (Wildman–Crippen MR) is 127 cm³/mol. The smallest absolute Gasteiger partial charge is 0.277 e. The van der Waals surface area contributed by atoms with E-state index in [1.165, 1.54) is 4.52 Å². The summed E-state index contributed by atoms with van der Waals surface area (Å²) in [7, 11) is 5.04. The van der Waals surface area contributed by atoms with Gasteiger partial charge in [0.25, 0.3) is 5.56 Å². The lowest BCUT2D eigenvalue weighted by Gasteiger charge is -2.13. The Morgan fingerprint density at radius 1 is 1.03 bits per heavy atom. The van der Waals surface area contributed by atoms with Crippen molar-refractivity contribution in [1.29, 1.82) is 0 Å². The van der Waals surface area contributed by atoms with Gasteiger partial charge in [0.05, 0.1) is 25.6 Å². The van der Waals surface area contributed by atoms with Gasteiger partial charge < -0.3 is 19.4 Å². The van der Waals surface area contributed by atoms with Crippen LogP contribution in [0.4, 0.5) is 5.69 Å². The van der Waals surface area contributed by atoms with E-state index in [4.69, 9.17) is 9.47 Å². The van der Waals surface area contributed by atoms with E-state index in [0.29, 0.717) is 40.5 Å². The maximum Gasteiger partial charge on any atom is 0.277 e. The fourth-order valence-electron chi connectivity index (χ4n) is 3.89. The maximum atomic E-state index is 13.3. The van der Waals surface area contributed by atoms with Crippen LogP contribution < -0.4 is 20.3 Å². The van der Waals surface area contributed by atoms with Crippen LogP contribution in [0.15, 0.2) is 59.4 Å². The molecule has 2 aromatic carbocycles. The second kappa shape index (κ2) is 9.20. The van der Waals surface area contributed by atoms with Gasteiger partial charge in [0.2, 0.25) is 5.91 Å². The quantitative estimate of drug-likeness (QED) is 0.469. The normalized spacial score (nSPS) is 10.9. The molecule has 170 valence electrons. The SMILES string of the molecule is COc1ccccc1NC(=O)CCc1c(C)n(C)c2cc(-c3ccccc3OC)nn2c1=O. The molecule has 2 heterocycles. The molecule has 0 aliphatic heterocycles. The van der Waals surface area contributed by atoms with Crippen molar-refractivity contribution in [3.05, 3.63) is 76.2 Å². The summed E-state index contributed by atoms with van der Waals surface area (Å²) in [6, 6.07) is 16.6. The van der Waals surface area contributed by atoms with E-state index >= 15 is 0 Å². The summed E-state index contributed by atoms with van der Waals surface area (Å²) in [4.78, 5) is 25.8. The Morgan fingerprint density at radius 2 is 1.70 bits per heavy atom. The maximum absolute atomic E-state index is 13.3. The van der Waals surface area contributed by atoms with Crippen LogP contribution in [0.2, 0.25) is 0 Å². The molecule has 0 saturated carbocycles. The van der Waals surface area contributed by atoms with Crippen LogP contribution in [0.5, 0.6) is 11.5 Å². The van der Waals surface area contributed by atoms with Crippen LogP contribution in [-0.2, 0) is 18.3 Å². The summed E-state index contributed by atoms with van der Waals surface area (Å²) < 4.78 is 14.0. The van der Waals surface area contributed by atoms with Crippen LogP contribution in [0.3, 0.4) is 0 Å². The number of aryl methyl sites for hydroxylation is 1. The largest absolute Gasteiger partial charge is 0.496 e. The van der Waals surface area contributed by atoms with Crippen molar-refractivity contribution in [3.8, 4) is 22.8 Å². The van der Waals surface area contributed by atoms with Gasteiger partial charge in [-0.3, -0.25) is 9.59 Å². The summed E-state index contributed by atoms with van der Waals surface area (Å²) in [5.74, 6) is 1.07. The molecule has 0 radical (unpaired) electrons.